The van der Waals surface area contributed by atoms with E-state index in [1.807, 2.05) is 42.7 Å². The molecule has 51 heavy (non-hydrogen) atoms. The van der Waals surface area contributed by atoms with Gasteiger partial charge in [-0.1, -0.05) is 12.1 Å². The van der Waals surface area contributed by atoms with Crippen LogP contribution >= 0.6 is 0 Å². The first-order valence-corrected chi connectivity index (χ1v) is 17.3. The SMILES string of the molecule is CCN(C(=O)[C@@H]1CCN(CC(=O)N2CC=C(c3ccc(-c4ncn(C)n4)c(F)c3)CC2)C1)c1ccc(N)c(C(=N)c2ccc(OC(C)C)nc2)c1. The quantitative estimate of drug-likeness (QED) is 0.168. The molecule has 2 aliphatic rings. The largest absolute Gasteiger partial charge is 0.475 e. The Morgan fingerprint density at radius 3 is 2.59 bits per heavy atom. The number of aromatic nitrogens is 4. The number of nitrogens with two attached hydrogens (primary N) is 1. The Morgan fingerprint density at radius 1 is 1.12 bits per heavy atom. The van der Waals surface area contributed by atoms with Crippen LogP contribution in [0.2, 0.25) is 0 Å². The van der Waals surface area contributed by atoms with E-state index < -0.39 is 0 Å². The van der Waals surface area contributed by atoms with Gasteiger partial charge in [0.15, 0.2) is 5.82 Å². The number of pyridine rings is 1. The Hall–Kier alpha value is -5.43. The summed E-state index contributed by atoms with van der Waals surface area (Å²) >= 11 is 0. The van der Waals surface area contributed by atoms with Gasteiger partial charge in [-0.25, -0.2) is 14.4 Å². The van der Waals surface area contributed by atoms with Gasteiger partial charge >= 0.3 is 0 Å². The molecule has 0 aliphatic carbocycles. The van der Waals surface area contributed by atoms with Crippen LogP contribution in [0.5, 0.6) is 5.88 Å². The number of nitrogen functional groups attached to an aromatic ring is 1. The van der Waals surface area contributed by atoms with Crippen molar-refractivity contribution in [2.24, 2.45) is 13.0 Å². The van der Waals surface area contributed by atoms with Crippen molar-refractivity contribution in [1.29, 1.82) is 5.41 Å². The molecule has 0 bridgehead atoms. The number of anilines is 2. The van der Waals surface area contributed by atoms with Gasteiger partial charge in [0.05, 0.1) is 29.8 Å². The minimum Gasteiger partial charge on any atom is -0.475 e. The first-order chi connectivity index (χ1) is 24.5. The summed E-state index contributed by atoms with van der Waals surface area (Å²) in [5.74, 6) is 0.167. The lowest BCUT2D eigenvalue weighted by atomic mass is 9.98. The number of nitrogens with zero attached hydrogens (tertiary/aromatic N) is 7. The highest BCUT2D eigenvalue weighted by Gasteiger charge is 2.33. The predicted octanol–water partition coefficient (Wildman–Crippen LogP) is 4.79. The number of carbonyl (C=O) groups excluding carboxylic acids is 2. The Kier molecular flexibility index (Phi) is 10.6. The van der Waals surface area contributed by atoms with Crippen LogP contribution in [-0.2, 0) is 16.6 Å². The second-order valence-electron chi connectivity index (χ2n) is 13.3. The fourth-order valence-electron chi connectivity index (χ4n) is 6.60. The maximum atomic E-state index is 14.9. The van der Waals surface area contributed by atoms with Crippen LogP contribution in [0.1, 0.15) is 50.3 Å². The lowest BCUT2D eigenvalue weighted by Crippen LogP contribution is -2.42. The Balaban J connectivity index is 1.04. The summed E-state index contributed by atoms with van der Waals surface area (Å²) in [7, 11) is 1.74. The van der Waals surface area contributed by atoms with E-state index in [0.717, 1.165) is 11.1 Å². The second-order valence-corrected chi connectivity index (χ2v) is 13.3. The zero-order valence-corrected chi connectivity index (χ0v) is 29.5. The first kappa shape index (κ1) is 35.4. The lowest BCUT2D eigenvalue weighted by molar-refractivity contribution is -0.132. The third-order valence-electron chi connectivity index (χ3n) is 9.30. The fourth-order valence-corrected chi connectivity index (χ4v) is 6.60. The molecule has 1 atom stereocenters. The van der Waals surface area contributed by atoms with Crippen molar-refractivity contribution < 1.29 is 18.7 Å². The minimum absolute atomic E-state index is 0.00785. The van der Waals surface area contributed by atoms with Gasteiger partial charge < -0.3 is 20.3 Å². The molecule has 0 spiro atoms. The summed E-state index contributed by atoms with van der Waals surface area (Å²) in [6.07, 6.45) is 6.36. The number of ether oxygens (including phenoxy) is 1. The number of aryl methyl sites for hydroxylation is 1. The van der Waals surface area contributed by atoms with Crippen LogP contribution < -0.4 is 15.4 Å². The molecule has 4 aromatic rings. The zero-order chi connectivity index (χ0) is 36.2. The van der Waals surface area contributed by atoms with E-state index in [0.29, 0.717) is 85.3 Å². The average Bonchev–Trinajstić information content (AvgIpc) is 3.78. The molecule has 2 aromatic carbocycles. The maximum Gasteiger partial charge on any atom is 0.237 e. The molecule has 0 saturated carbocycles. The monoisotopic (exact) mass is 693 g/mol. The summed E-state index contributed by atoms with van der Waals surface area (Å²) in [4.78, 5) is 41.2. The summed E-state index contributed by atoms with van der Waals surface area (Å²) in [6, 6.07) is 13.9. The van der Waals surface area contributed by atoms with E-state index in [4.69, 9.17) is 15.9 Å². The molecule has 0 unspecified atom stereocenters. The van der Waals surface area contributed by atoms with Crippen molar-refractivity contribution in [2.45, 2.75) is 39.7 Å². The molecule has 1 saturated heterocycles. The number of amides is 2. The number of carbonyl (C=O) groups is 2. The third kappa shape index (κ3) is 7.99. The molecular weight excluding hydrogens is 649 g/mol. The summed E-state index contributed by atoms with van der Waals surface area (Å²) in [5, 5.41) is 13.0. The van der Waals surface area contributed by atoms with Crippen molar-refractivity contribution in [3.63, 3.8) is 0 Å². The van der Waals surface area contributed by atoms with Crippen molar-refractivity contribution in [3.8, 4) is 17.3 Å². The van der Waals surface area contributed by atoms with Crippen molar-refractivity contribution in [3.05, 3.63) is 89.6 Å². The maximum absolute atomic E-state index is 14.9. The molecule has 13 heteroatoms. The zero-order valence-electron chi connectivity index (χ0n) is 29.5. The molecule has 6 rings (SSSR count). The van der Waals surface area contributed by atoms with Crippen LogP contribution in [0.3, 0.4) is 0 Å². The molecule has 1 fully saturated rings. The lowest BCUT2D eigenvalue weighted by Gasteiger charge is -2.29. The molecule has 4 heterocycles. The van der Waals surface area contributed by atoms with Gasteiger partial charge in [-0.15, -0.1) is 0 Å². The molecule has 3 N–H and O–H groups in total. The van der Waals surface area contributed by atoms with Gasteiger partial charge in [0.25, 0.3) is 0 Å². The van der Waals surface area contributed by atoms with E-state index in [1.165, 1.54) is 17.1 Å². The predicted molar refractivity (Wildman–Crippen MR) is 195 cm³/mol. The molecule has 0 radical (unpaired) electrons. The van der Waals surface area contributed by atoms with Gasteiger partial charge in [0, 0.05) is 68.0 Å². The Bertz CT molecular complexity index is 1960. The van der Waals surface area contributed by atoms with Crippen molar-refractivity contribution in [1.82, 2.24) is 29.5 Å². The van der Waals surface area contributed by atoms with Gasteiger partial charge in [0.1, 0.15) is 12.1 Å². The van der Waals surface area contributed by atoms with E-state index in [-0.39, 0.29) is 41.9 Å². The number of hydrogen-bond acceptors (Lipinski definition) is 9. The molecule has 2 aliphatic heterocycles. The number of nitrogens with one attached hydrogen (secondary N) is 1. The number of rotatable bonds is 11. The Morgan fingerprint density at radius 2 is 1.94 bits per heavy atom. The van der Waals surface area contributed by atoms with E-state index in [1.54, 1.807) is 54.5 Å². The number of hydrogen-bond donors (Lipinski definition) is 2. The average molecular weight is 694 g/mol. The van der Waals surface area contributed by atoms with Crippen molar-refractivity contribution >= 4 is 34.5 Å². The smallest absolute Gasteiger partial charge is 0.237 e. The van der Waals surface area contributed by atoms with E-state index in [9.17, 15) is 14.0 Å². The van der Waals surface area contributed by atoms with Gasteiger partial charge in [-0.05, 0) is 87.7 Å². The van der Waals surface area contributed by atoms with Crippen LogP contribution in [0.25, 0.3) is 17.0 Å². The highest BCUT2D eigenvalue weighted by atomic mass is 19.1. The normalized spacial score (nSPS) is 16.3. The highest BCUT2D eigenvalue weighted by molar-refractivity contribution is 6.14. The van der Waals surface area contributed by atoms with Crippen LogP contribution in [0.4, 0.5) is 15.8 Å². The van der Waals surface area contributed by atoms with E-state index in [2.05, 4.69) is 15.1 Å². The summed E-state index contributed by atoms with van der Waals surface area (Å²) < 4.78 is 22.1. The van der Waals surface area contributed by atoms with E-state index >= 15 is 0 Å². The number of likely N-dealkylation sites (tertiary alicyclic amines) is 1. The number of benzene rings is 2. The van der Waals surface area contributed by atoms with Gasteiger partial charge in [0.2, 0.25) is 17.7 Å². The summed E-state index contributed by atoms with van der Waals surface area (Å²) in [6.45, 7) is 8.56. The van der Waals surface area contributed by atoms with Crippen molar-refractivity contribution in [2.75, 3.05) is 49.9 Å². The molecular formula is C38H44FN9O3. The number of halogens is 1. The van der Waals surface area contributed by atoms with Gasteiger partial charge in [-0.3, -0.25) is 24.6 Å². The van der Waals surface area contributed by atoms with Crippen LogP contribution in [0, 0.1) is 17.1 Å². The standard InChI is InChI=1S/C38H44FN9O3/c1-5-48(29-8-10-33(40)31(19-29)36(41)27-7-11-34(42-20-27)51-24(2)3)38(50)28-12-15-46(21-28)22-35(49)47-16-13-25(14-17-47)26-6-9-30(32(39)18-26)37-43-23-45(4)44-37/h6-11,13,18-20,23-24,28,41H,5,12,14-17,21-22,40H2,1-4H3/t28-/m1/s1. The molecule has 2 amide bonds. The fraction of sp³-hybridized carbons (Fsp3) is 0.368. The summed E-state index contributed by atoms with van der Waals surface area (Å²) in [5.41, 5.74) is 10.8. The molecule has 266 valence electrons. The van der Waals surface area contributed by atoms with Crippen LogP contribution in [0.15, 0.2) is 67.1 Å². The second kappa shape index (κ2) is 15.2. The van der Waals surface area contributed by atoms with Crippen LogP contribution in [-0.4, -0.2) is 92.4 Å². The topological polar surface area (TPSA) is 147 Å². The minimum atomic E-state index is -0.384. The molecule has 2 aromatic heterocycles. The Labute approximate surface area is 297 Å². The molecule has 12 nitrogen and oxygen atoms in total. The third-order valence-corrected chi connectivity index (χ3v) is 9.30. The highest BCUT2D eigenvalue weighted by Crippen LogP contribution is 2.29. The van der Waals surface area contributed by atoms with Gasteiger partial charge in [-0.2, -0.15) is 5.10 Å². The first-order valence-electron chi connectivity index (χ1n) is 17.3.